The predicted molar refractivity (Wildman–Crippen MR) is 173 cm³/mol. The number of carbonyl (C=O) groups excluding carboxylic acids is 1. The normalized spacial score (nSPS) is 25.2. The Kier molecular flexibility index (Phi) is 7.32. The highest BCUT2D eigenvalue weighted by Gasteiger charge is 2.44. The molecule has 0 aromatic heterocycles. The van der Waals surface area contributed by atoms with E-state index in [2.05, 4.69) is 21.7 Å². The second-order valence-electron chi connectivity index (χ2n) is 13.0. The monoisotopic (exact) mass is 666 g/mol. The van der Waals surface area contributed by atoms with Crippen LogP contribution in [-0.2, 0) is 11.3 Å². The zero-order valence-electron chi connectivity index (χ0n) is 25.2. The number of ether oxygens (including phenoxy) is 2. The lowest BCUT2D eigenvalue weighted by atomic mass is 9.87. The van der Waals surface area contributed by atoms with Gasteiger partial charge in [-0.1, -0.05) is 41.4 Å². The number of amides is 1. The summed E-state index contributed by atoms with van der Waals surface area (Å²) in [5, 5.41) is 10.6. The lowest BCUT2D eigenvalue weighted by Gasteiger charge is -2.57. The third-order valence-electron chi connectivity index (χ3n) is 10.1. The van der Waals surface area contributed by atoms with Gasteiger partial charge in [-0.25, -0.2) is 9.18 Å². The standard InChI is InChI=1S/C34H33Cl2FN4O5/c1-38-13-22-7-23(14-38)40(22)21-8-27(35)31(28(36)9-21)33(42)39-12-18-3-2-4-24(32(18)46-17-39)25-11-30(26(34(43)44)10-29(25)37)41-19-5-6-20(41)16-45-15-19/h2-4,8-11,19-20,22-23H,5-7,12-17H2,1H3,(H,43,44). The maximum Gasteiger partial charge on any atom is 0.337 e. The molecule has 46 heavy (non-hydrogen) atoms. The number of aromatic carboxylic acids is 1. The van der Waals surface area contributed by atoms with Crippen molar-refractivity contribution in [2.24, 2.45) is 0 Å². The van der Waals surface area contributed by atoms with E-state index >= 15 is 4.39 Å². The number of rotatable bonds is 5. The van der Waals surface area contributed by atoms with Crippen molar-refractivity contribution in [1.82, 2.24) is 9.80 Å². The number of morpholine rings is 1. The van der Waals surface area contributed by atoms with Crippen LogP contribution >= 0.6 is 23.2 Å². The van der Waals surface area contributed by atoms with Crippen LogP contribution in [0, 0.1) is 5.82 Å². The number of fused-ring (bicyclic) bond motifs is 5. The smallest absolute Gasteiger partial charge is 0.337 e. The highest BCUT2D eigenvalue weighted by molar-refractivity contribution is 6.40. The molecule has 5 saturated heterocycles. The number of likely N-dealkylation sites (N-methyl/N-ethyl adjacent to an activating group) is 1. The maximum absolute atomic E-state index is 15.7. The van der Waals surface area contributed by atoms with Gasteiger partial charge in [0.25, 0.3) is 5.91 Å². The minimum absolute atomic E-state index is 0.0376. The first-order valence-electron chi connectivity index (χ1n) is 15.6. The first-order chi connectivity index (χ1) is 22.2. The molecule has 4 bridgehead atoms. The minimum atomic E-state index is -1.18. The van der Waals surface area contributed by atoms with Gasteiger partial charge < -0.3 is 34.2 Å². The zero-order chi connectivity index (χ0) is 31.9. The van der Waals surface area contributed by atoms with Crippen molar-refractivity contribution in [1.29, 1.82) is 0 Å². The second-order valence-corrected chi connectivity index (χ2v) is 13.8. The molecule has 240 valence electrons. The van der Waals surface area contributed by atoms with Crippen LogP contribution < -0.4 is 14.5 Å². The summed E-state index contributed by atoms with van der Waals surface area (Å²) in [5.41, 5.74) is 2.97. The van der Waals surface area contributed by atoms with E-state index in [0.717, 1.165) is 44.1 Å². The highest BCUT2D eigenvalue weighted by Crippen LogP contribution is 2.44. The Bertz CT molecular complexity index is 1720. The van der Waals surface area contributed by atoms with Gasteiger partial charge in [-0.3, -0.25) is 4.79 Å². The molecule has 6 aliphatic rings. The number of piperidine rings is 1. The molecular formula is C34H33Cl2FN4O5. The van der Waals surface area contributed by atoms with Crippen LogP contribution in [-0.4, -0.2) is 91.0 Å². The van der Waals surface area contributed by atoms with E-state index in [1.165, 1.54) is 4.90 Å². The molecule has 6 heterocycles. The Labute approximate surface area is 276 Å². The number of halogens is 3. The number of para-hydroxylation sites is 1. The summed E-state index contributed by atoms with van der Waals surface area (Å²) in [4.78, 5) is 34.3. The van der Waals surface area contributed by atoms with Crippen LogP contribution in [0.5, 0.6) is 5.75 Å². The van der Waals surface area contributed by atoms with Gasteiger partial charge in [-0.2, -0.15) is 0 Å². The Morgan fingerprint density at radius 2 is 1.63 bits per heavy atom. The van der Waals surface area contributed by atoms with Crippen molar-refractivity contribution >= 4 is 46.5 Å². The van der Waals surface area contributed by atoms with Crippen LogP contribution in [0.4, 0.5) is 15.8 Å². The molecule has 5 fully saturated rings. The van der Waals surface area contributed by atoms with Crippen molar-refractivity contribution in [3.05, 3.63) is 75.0 Å². The van der Waals surface area contributed by atoms with Crippen LogP contribution in [0.1, 0.15) is 45.5 Å². The Morgan fingerprint density at radius 3 is 2.30 bits per heavy atom. The molecule has 3 aromatic carbocycles. The van der Waals surface area contributed by atoms with Crippen molar-refractivity contribution in [3.8, 4) is 16.9 Å². The largest absolute Gasteiger partial charge is 0.478 e. The van der Waals surface area contributed by atoms with Crippen LogP contribution in [0.15, 0.2) is 42.5 Å². The van der Waals surface area contributed by atoms with E-state index < -0.39 is 11.8 Å². The molecule has 1 N–H and O–H groups in total. The number of carbonyl (C=O) groups is 2. The molecule has 4 unspecified atom stereocenters. The van der Waals surface area contributed by atoms with E-state index in [9.17, 15) is 14.7 Å². The van der Waals surface area contributed by atoms with Crippen molar-refractivity contribution in [2.75, 3.05) is 49.9 Å². The Morgan fingerprint density at radius 1 is 0.935 bits per heavy atom. The molecule has 1 amide bonds. The molecule has 0 aliphatic carbocycles. The molecule has 3 aromatic rings. The average Bonchev–Trinajstić information content (AvgIpc) is 3.26. The topological polar surface area (TPSA) is 85.8 Å². The number of piperazine rings is 1. The molecule has 9 nitrogen and oxygen atoms in total. The molecule has 12 heteroatoms. The van der Waals surface area contributed by atoms with E-state index in [0.29, 0.717) is 47.9 Å². The number of benzene rings is 3. The molecule has 9 rings (SSSR count). The van der Waals surface area contributed by atoms with Crippen LogP contribution in [0.2, 0.25) is 10.0 Å². The van der Waals surface area contributed by atoms with Crippen LogP contribution in [0.3, 0.4) is 0 Å². The number of hydrogen-bond acceptors (Lipinski definition) is 7. The summed E-state index contributed by atoms with van der Waals surface area (Å²) in [5.74, 6) is -1.75. The van der Waals surface area contributed by atoms with Gasteiger partial charge in [0.1, 0.15) is 11.6 Å². The first-order valence-corrected chi connectivity index (χ1v) is 16.4. The van der Waals surface area contributed by atoms with Crippen LogP contribution in [0.25, 0.3) is 11.1 Å². The van der Waals surface area contributed by atoms with Gasteiger partial charge in [-0.15, -0.1) is 0 Å². The average molecular weight is 668 g/mol. The van der Waals surface area contributed by atoms with Crippen molar-refractivity contribution < 1.29 is 28.6 Å². The molecule has 4 atom stereocenters. The summed E-state index contributed by atoms with van der Waals surface area (Å²) in [6, 6.07) is 12.6. The fraction of sp³-hybridized carbons (Fsp3) is 0.412. The van der Waals surface area contributed by atoms with Gasteiger partial charge in [0, 0.05) is 47.6 Å². The summed E-state index contributed by atoms with van der Waals surface area (Å²) in [6.07, 6.45) is 2.91. The third-order valence-corrected chi connectivity index (χ3v) is 10.7. The zero-order valence-corrected chi connectivity index (χ0v) is 26.7. The Hall–Kier alpha value is -3.57. The number of anilines is 2. The summed E-state index contributed by atoms with van der Waals surface area (Å²) in [7, 11) is 2.12. The van der Waals surface area contributed by atoms with Gasteiger partial charge in [0.15, 0.2) is 6.73 Å². The number of nitrogens with zero attached hydrogens (tertiary/aromatic N) is 4. The number of carboxylic acid groups (broad SMARTS) is 1. The first kappa shape index (κ1) is 29.8. The minimum Gasteiger partial charge on any atom is -0.478 e. The van der Waals surface area contributed by atoms with E-state index in [1.807, 2.05) is 18.2 Å². The van der Waals surface area contributed by atoms with Gasteiger partial charge in [0.2, 0.25) is 0 Å². The fourth-order valence-electron chi connectivity index (χ4n) is 8.10. The summed E-state index contributed by atoms with van der Waals surface area (Å²) >= 11 is 13.4. The van der Waals surface area contributed by atoms with Crippen molar-refractivity contribution in [2.45, 2.75) is 50.0 Å². The molecule has 0 spiro atoms. The van der Waals surface area contributed by atoms with Gasteiger partial charge in [0.05, 0.1) is 58.7 Å². The van der Waals surface area contributed by atoms with E-state index in [1.54, 1.807) is 18.2 Å². The summed E-state index contributed by atoms with van der Waals surface area (Å²) in [6.45, 7) is 3.07. The number of carboxylic acids is 1. The van der Waals surface area contributed by atoms with E-state index in [-0.39, 0.29) is 58.0 Å². The molecule has 6 aliphatic heterocycles. The molecule has 0 saturated carbocycles. The SMILES string of the molecule is CN1CC2CC(C1)N2c1cc(Cl)c(C(=O)N2COc3c(cccc3-c3cc(N4C5CCC4COC5)c(C(=O)O)cc3F)C2)c(Cl)c1. The fourth-order valence-corrected chi connectivity index (χ4v) is 8.74. The number of hydrogen-bond donors (Lipinski definition) is 1. The molecular weight excluding hydrogens is 634 g/mol. The lowest BCUT2D eigenvalue weighted by Crippen LogP contribution is -2.68. The Balaban J connectivity index is 1.08. The van der Waals surface area contributed by atoms with E-state index in [4.69, 9.17) is 32.7 Å². The van der Waals surface area contributed by atoms with Crippen molar-refractivity contribution in [3.63, 3.8) is 0 Å². The third kappa shape index (κ3) is 4.80. The summed E-state index contributed by atoms with van der Waals surface area (Å²) < 4.78 is 27.5. The maximum atomic E-state index is 15.7. The predicted octanol–water partition coefficient (Wildman–Crippen LogP) is 5.75. The molecule has 0 radical (unpaired) electrons. The quantitative estimate of drug-likeness (QED) is 0.369. The van der Waals surface area contributed by atoms with Gasteiger partial charge in [-0.05, 0) is 50.6 Å². The highest BCUT2D eigenvalue weighted by atomic mass is 35.5. The lowest BCUT2D eigenvalue weighted by molar-refractivity contribution is 0.0516. The van der Waals surface area contributed by atoms with Gasteiger partial charge >= 0.3 is 5.97 Å². The second kappa shape index (κ2) is 11.3.